The van der Waals surface area contributed by atoms with E-state index in [-0.39, 0.29) is 11.5 Å². The fourth-order valence-electron chi connectivity index (χ4n) is 3.76. The maximum atomic E-state index is 13.1. The molecule has 0 spiro atoms. The van der Waals surface area contributed by atoms with Gasteiger partial charge in [0.05, 0.1) is 5.41 Å². The molecule has 0 aromatic heterocycles. The zero-order valence-electron chi connectivity index (χ0n) is 13.1. The highest BCUT2D eigenvalue weighted by Gasteiger charge is 2.53. The third kappa shape index (κ3) is 2.59. The summed E-state index contributed by atoms with van der Waals surface area (Å²) in [6, 6.07) is 8.52. The molecule has 2 aliphatic rings. The van der Waals surface area contributed by atoms with E-state index in [4.69, 9.17) is 5.73 Å². The monoisotopic (exact) mass is 286 g/mol. The summed E-state index contributed by atoms with van der Waals surface area (Å²) in [7, 11) is 0. The van der Waals surface area contributed by atoms with E-state index < -0.39 is 0 Å². The van der Waals surface area contributed by atoms with Crippen molar-refractivity contribution in [2.75, 3.05) is 13.1 Å². The van der Waals surface area contributed by atoms with Crippen LogP contribution in [0.2, 0.25) is 0 Å². The van der Waals surface area contributed by atoms with Crippen molar-refractivity contribution < 1.29 is 4.79 Å². The van der Waals surface area contributed by atoms with Gasteiger partial charge in [0.1, 0.15) is 0 Å². The van der Waals surface area contributed by atoms with Crippen molar-refractivity contribution in [3.05, 3.63) is 35.4 Å². The molecule has 3 nitrogen and oxygen atoms in total. The van der Waals surface area contributed by atoms with Crippen LogP contribution < -0.4 is 5.73 Å². The number of aryl methyl sites for hydroxylation is 1. The number of hydrogen-bond acceptors (Lipinski definition) is 2. The second-order valence-corrected chi connectivity index (χ2v) is 6.91. The summed E-state index contributed by atoms with van der Waals surface area (Å²) in [5.74, 6) is 0.789. The van der Waals surface area contributed by atoms with Crippen LogP contribution in [0.5, 0.6) is 0 Å². The largest absolute Gasteiger partial charge is 0.342 e. The van der Waals surface area contributed by atoms with E-state index >= 15 is 0 Å². The van der Waals surface area contributed by atoms with Gasteiger partial charge >= 0.3 is 0 Å². The highest BCUT2D eigenvalue weighted by molar-refractivity contribution is 5.91. The minimum atomic E-state index is -0.231. The topological polar surface area (TPSA) is 46.3 Å². The molecule has 0 unspecified atom stereocenters. The summed E-state index contributed by atoms with van der Waals surface area (Å²) in [6.45, 7) is 5.91. The first kappa shape index (κ1) is 14.6. The molecular formula is C18H26N2O. The van der Waals surface area contributed by atoms with Gasteiger partial charge in [0.15, 0.2) is 0 Å². The fourth-order valence-corrected chi connectivity index (χ4v) is 3.76. The summed E-state index contributed by atoms with van der Waals surface area (Å²) in [5.41, 5.74) is 8.29. The smallest absolute Gasteiger partial charge is 0.233 e. The molecule has 1 aliphatic heterocycles. The predicted molar refractivity (Wildman–Crippen MR) is 85.0 cm³/mol. The summed E-state index contributed by atoms with van der Waals surface area (Å²) in [4.78, 5) is 15.2. The van der Waals surface area contributed by atoms with Crippen LogP contribution in [0.1, 0.15) is 43.7 Å². The van der Waals surface area contributed by atoms with Gasteiger partial charge in [0, 0.05) is 19.1 Å². The third-order valence-corrected chi connectivity index (χ3v) is 5.31. The number of carbonyl (C=O) groups excluding carboxylic acids is 1. The van der Waals surface area contributed by atoms with Crippen LogP contribution in [0.4, 0.5) is 0 Å². The van der Waals surface area contributed by atoms with E-state index in [2.05, 4.69) is 36.9 Å². The molecule has 1 aliphatic carbocycles. The molecule has 0 radical (unpaired) electrons. The van der Waals surface area contributed by atoms with E-state index in [0.29, 0.717) is 11.8 Å². The molecule has 21 heavy (non-hydrogen) atoms. The Morgan fingerprint density at radius 1 is 1.38 bits per heavy atom. The van der Waals surface area contributed by atoms with Gasteiger partial charge in [-0.05, 0) is 56.6 Å². The lowest BCUT2D eigenvalue weighted by molar-refractivity contribution is -0.136. The van der Waals surface area contributed by atoms with Gasteiger partial charge in [0.2, 0.25) is 5.91 Å². The predicted octanol–water partition coefficient (Wildman–Crippen LogP) is 2.61. The number of carbonyl (C=O) groups is 1. The quantitative estimate of drug-likeness (QED) is 0.928. The molecule has 114 valence electrons. The molecule has 2 atom stereocenters. The standard InChI is InChI=1S/C18H26N2O/c1-13-6-3-4-8-16(13)18(9-10-18)17(21)20-11-5-7-15(12-20)14(2)19/h3-4,6,8,14-15H,5,7,9-12,19H2,1-2H3/t14-,15+/m1/s1. The molecule has 3 rings (SSSR count). The Hall–Kier alpha value is -1.35. The van der Waals surface area contributed by atoms with Gasteiger partial charge in [-0.3, -0.25) is 4.79 Å². The lowest BCUT2D eigenvalue weighted by Gasteiger charge is -2.37. The number of nitrogens with zero attached hydrogens (tertiary/aromatic N) is 1. The lowest BCUT2D eigenvalue weighted by atomic mass is 9.87. The molecule has 2 fully saturated rings. The van der Waals surface area contributed by atoms with E-state index in [0.717, 1.165) is 38.8 Å². The van der Waals surface area contributed by atoms with E-state index in [9.17, 15) is 4.79 Å². The van der Waals surface area contributed by atoms with Crippen molar-refractivity contribution in [3.8, 4) is 0 Å². The van der Waals surface area contributed by atoms with Crippen molar-refractivity contribution in [3.63, 3.8) is 0 Å². The van der Waals surface area contributed by atoms with Crippen molar-refractivity contribution in [1.29, 1.82) is 0 Å². The van der Waals surface area contributed by atoms with Gasteiger partial charge in [-0.25, -0.2) is 0 Å². The number of piperidine rings is 1. The van der Waals surface area contributed by atoms with Crippen LogP contribution in [-0.2, 0) is 10.2 Å². The minimum Gasteiger partial charge on any atom is -0.342 e. The molecule has 0 bridgehead atoms. The van der Waals surface area contributed by atoms with Crippen molar-refractivity contribution >= 4 is 5.91 Å². The molecule has 1 aromatic rings. The number of nitrogens with two attached hydrogens (primary N) is 1. The normalized spacial score (nSPS) is 25.5. The second kappa shape index (κ2) is 5.45. The first-order chi connectivity index (χ1) is 10.0. The average Bonchev–Trinajstić information content (AvgIpc) is 3.28. The van der Waals surface area contributed by atoms with Crippen LogP contribution in [0.3, 0.4) is 0 Å². The molecule has 1 heterocycles. The molecule has 1 aromatic carbocycles. The third-order valence-electron chi connectivity index (χ3n) is 5.31. The first-order valence-corrected chi connectivity index (χ1v) is 8.16. The first-order valence-electron chi connectivity index (χ1n) is 8.16. The average molecular weight is 286 g/mol. The van der Waals surface area contributed by atoms with Crippen molar-refractivity contribution in [2.24, 2.45) is 11.7 Å². The van der Waals surface area contributed by atoms with Crippen molar-refractivity contribution in [1.82, 2.24) is 4.90 Å². The molecule has 2 N–H and O–H groups in total. The van der Waals surface area contributed by atoms with Crippen LogP contribution in [0.15, 0.2) is 24.3 Å². The lowest BCUT2D eigenvalue weighted by Crippen LogP contribution is -2.48. The number of likely N-dealkylation sites (tertiary alicyclic amines) is 1. The van der Waals surface area contributed by atoms with Gasteiger partial charge in [-0.2, -0.15) is 0 Å². The van der Waals surface area contributed by atoms with Crippen LogP contribution in [0, 0.1) is 12.8 Å². The molecule has 3 heteroatoms. The number of amides is 1. The van der Waals surface area contributed by atoms with Gasteiger partial charge in [0.25, 0.3) is 0 Å². The van der Waals surface area contributed by atoms with Crippen LogP contribution in [0.25, 0.3) is 0 Å². The number of rotatable bonds is 3. The van der Waals surface area contributed by atoms with Crippen LogP contribution >= 0.6 is 0 Å². The van der Waals surface area contributed by atoms with Gasteiger partial charge in [-0.1, -0.05) is 24.3 Å². The number of hydrogen-bond donors (Lipinski definition) is 1. The SMILES string of the molecule is Cc1ccccc1C1(C(=O)N2CCC[C@H]([C@@H](C)N)C2)CC1. The Balaban J connectivity index is 1.80. The second-order valence-electron chi connectivity index (χ2n) is 6.91. The highest BCUT2D eigenvalue weighted by atomic mass is 16.2. The molecular weight excluding hydrogens is 260 g/mol. The van der Waals surface area contributed by atoms with E-state index in [1.54, 1.807) is 0 Å². The maximum Gasteiger partial charge on any atom is 0.233 e. The molecule has 1 saturated carbocycles. The zero-order valence-corrected chi connectivity index (χ0v) is 13.1. The highest BCUT2D eigenvalue weighted by Crippen LogP contribution is 2.51. The Kier molecular flexibility index (Phi) is 3.78. The van der Waals surface area contributed by atoms with Gasteiger partial charge in [-0.15, -0.1) is 0 Å². The fraction of sp³-hybridized carbons (Fsp3) is 0.611. The Morgan fingerprint density at radius 3 is 2.71 bits per heavy atom. The van der Waals surface area contributed by atoms with E-state index in [1.165, 1.54) is 11.1 Å². The van der Waals surface area contributed by atoms with Crippen molar-refractivity contribution in [2.45, 2.75) is 51.0 Å². The molecule has 1 saturated heterocycles. The minimum absolute atomic E-state index is 0.175. The summed E-state index contributed by atoms with van der Waals surface area (Å²) < 4.78 is 0. The molecule has 1 amide bonds. The Labute approximate surface area is 127 Å². The summed E-state index contributed by atoms with van der Waals surface area (Å²) in [6.07, 6.45) is 4.23. The summed E-state index contributed by atoms with van der Waals surface area (Å²) in [5, 5.41) is 0. The Bertz CT molecular complexity index is 534. The van der Waals surface area contributed by atoms with Gasteiger partial charge < -0.3 is 10.6 Å². The van der Waals surface area contributed by atoms with E-state index in [1.807, 2.05) is 6.07 Å². The zero-order chi connectivity index (χ0) is 15.0. The number of benzene rings is 1. The maximum absolute atomic E-state index is 13.1. The Morgan fingerprint density at radius 2 is 2.10 bits per heavy atom. The van der Waals surface area contributed by atoms with Crippen LogP contribution in [-0.4, -0.2) is 29.9 Å². The summed E-state index contributed by atoms with van der Waals surface area (Å²) >= 11 is 0.